The summed E-state index contributed by atoms with van der Waals surface area (Å²) in [6, 6.07) is 8.03. The van der Waals surface area contributed by atoms with E-state index in [9.17, 15) is 13.2 Å². The monoisotopic (exact) mass is 318 g/mol. The molecule has 1 aromatic carbocycles. The normalized spacial score (nSPS) is 12.1. The van der Waals surface area contributed by atoms with Crippen LogP contribution < -0.4 is 5.32 Å². The van der Waals surface area contributed by atoms with E-state index in [0.717, 1.165) is 11.6 Å². The molecule has 0 aliphatic rings. The first-order chi connectivity index (χ1) is 11.0. The smallest absolute Gasteiger partial charge is 0.420 e. The first-order valence-corrected chi connectivity index (χ1v) is 6.67. The van der Waals surface area contributed by atoms with Crippen molar-refractivity contribution in [1.29, 1.82) is 0 Å². The second-order valence-electron chi connectivity index (χ2n) is 4.95. The van der Waals surface area contributed by atoms with E-state index in [1.807, 2.05) is 6.07 Å². The van der Waals surface area contributed by atoms with Crippen molar-refractivity contribution in [1.82, 2.24) is 15.2 Å². The van der Waals surface area contributed by atoms with Gasteiger partial charge in [0, 0.05) is 23.3 Å². The minimum Gasteiger partial charge on any atom is -0.464 e. The number of aromatic nitrogens is 3. The lowest BCUT2D eigenvalue weighted by molar-refractivity contribution is -0.136. The average molecular weight is 318 g/mol. The maximum absolute atomic E-state index is 12.8. The van der Waals surface area contributed by atoms with Gasteiger partial charge in [-0.05, 0) is 24.3 Å². The Bertz CT molecular complexity index is 1000. The van der Waals surface area contributed by atoms with Crippen LogP contribution in [0.2, 0.25) is 0 Å². The van der Waals surface area contributed by atoms with E-state index in [4.69, 9.17) is 4.42 Å². The van der Waals surface area contributed by atoms with Crippen LogP contribution in [0.25, 0.3) is 22.0 Å². The van der Waals surface area contributed by atoms with Crippen LogP contribution in [0.5, 0.6) is 0 Å². The molecule has 0 saturated carbocycles. The molecule has 0 amide bonds. The van der Waals surface area contributed by atoms with Crippen molar-refractivity contribution in [3.63, 3.8) is 0 Å². The van der Waals surface area contributed by atoms with Gasteiger partial charge in [-0.3, -0.25) is 5.10 Å². The second kappa shape index (κ2) is 4.73. The first-order valence-electron chi connectivity index (χ1n) is 6.67. The topological polar surface area (TPSA) is 66.7 Å². The molecule has 3 aromatic heterocycles. The Labute approximate surface area is 127 Å². The summed E-state index contributed by atoms with van der Waals surface area (Å²) in [6.45, 7) is 0. The second-order valence-corrected chi connectivity index (χ2v) is 4.95. The van der Waals surface area contributed by atoms with Crippen LogP contribution in [0.4, 0.5) is 24.7 Å². The third-order valence-electron chi connectivity index (χ3n) is 3.48. The van der Waals surface area contributed by atoms with Gasteiger partial charge in [0.2, 0.25) is 0 Å². The van der Waals surface area contributed by atoms with Gasteiger partial charge in [-0.25, -0.2) is 4.98 Å². The van der Waals surface area contributed by atoms with Gasteiger partial charge in [-0.15, -0.1) is 0 Å². The van der Waals surface area contributed by atoms with E-state index >= 15 is 0 Å². The van der Waals surface area contributed by atoms with Crippen molar-refractivity contribution in [2.24, 2.45) is 0 Å². The highest BCUT2D eigenvalue weighted by Crippen LogP contribution is 2.37. The first kappa shape index (κ1) is 13.6. The van der Waals surface area contributed by atoms with Crippen LogP contribution in [0.15, 0.2) is 47.2 Å². The third kappa shape index (κ3) is 2.28. The van der Waals surface area contributed by atoms with Crippen LogP contribution in [-0.2, 0) is 6.18 Å². The largest absolute Gasteiger partial charge is 0.464 e. The predicted octanol–water partition coefficient (Wildman–Crippen LogP) is 4.47. The van der Waals surface area contributed by atoms with Crippen molar-refractivity contribution in [2.45, 2.75) is 6.18 Å². The molecule has 0 radical (unpaired) electrons. The fraction of sp³-hybridized carbons (Fsp3) is 0.0667. The number of nitrogens with one attached hydrogen (secondary N) is 2. The zero-order valence-electron chi connectivity index (χ0n) is 11.5. The maximum atomic E-state index is 12.8. The molecule has 0 bridgehead atoms. The van der Waals surface area contributed by atoms with Crippen LogP contribution in [0, 0.1) is 0 Å². The molecule has 5 nitrogen and oxygen atoms in total. The molecule has 0 aliphatic heterocycles. The molecule has 0 unspecified atom stereocenters. The minimum atomic E-state index is -4.44. The number of rotatable bonds is 2. The molecule has 0 aliphatic carbocycles. The lowest BCUT2D eigenvalue weighted by Crippen LogP contribution is -2.03. The maximum Gasteiger partial charge on any atom is 0.420 e. The summed E-state index contributed by atoms with van der Waals surface area (Å²) in [4.78, 5) is 4.12. The molecule has 4 rings (SSSR count). The average Bonchev–Trinajstić information content (AvgIpc) is 3.11. The molecule has 0 fully saturated rings. The molecule has 4 aromatic rings. The number of anilines is 2. The number of nitrogens with zero attached hydrogens (tertiary/aromatic N) is 2. The van der Waals surface area contributed by atoms with Crippen molar-refractivity contribution >= 4 is 33.5 Å². The van der Waals surface area contributed by atoms with E-state index < -0.39 is 11.7 Å². The third-order valence-corrected chi connectivity index (χ3v) is 3.48. The molecular formula is C15H9F3N4O. The van der Waals surface area contributed by atoms with E-state index in [0.29, 0.717) is 17.2 Å². The van der Waals surface area contributed by atoms with Gasteiger partial charge < -0.3 is 9.73 Å². The van der Waals surface area contributed by atoms with Gasteiger partial charge in [-0.1, -0.05) is 0 Å². The Balaban J connectivity index is 1.73. The van der Waals surface area contributed by atoms with Crippen molar-refractivity contribution in [2.75, 3.05) is 5.32 Å². The molecule has 0 spiro atoms. The highest BCUT2D eigenvalue weighted by Gasteiger charge is 2.34. The molecule has 2 N–H and O–H groups in total. The summed E-state index contributed by atoms with van der Waals surface area (Å²) in [7, 11) is 0. The zero-order valence-corrected chi connectivity index (χ0v) is 11.5. The Morgan fingerprint density at radius 2 is 2.00 bits per heavy atom. The Hall–Kier alpha value is -3.03. The van der Waals surface area contributed by atoms with E-state index in [2.05, 4.69) is 20.5 Å². The summed E-state index contributed by atoms with van der Waals surface area (Å²) in [5, 5.41) is 10.7. The summed E-state index contributed by atoms with van der Waals surface area (Å²) in [5.74, 6) is 0.537. The van der Waals surface area contributed by atoms with Gasteiger partial charge in [-0.2, -0.15) is 18.3 Å². The molecule has 116 valence electrons. The van der Waals surface area contributed by atoms with Crippen LogP contribution in [0.3, 0.4) is 0 Å². The summed E-state index contributed by atoms with van der Waals surface area (Å²) < 4.78 is 43.5. The number of halogens is 3. The van der Waals surface area contributed by atoms with E-state index in [-0.39, 0.29) is 11.0 Å². The lowest BCUT2D eigenvalue weighted by atomic mass is 10.1. The number of furan rings is 1. The number of benzene rings is 1. The number of fused-ring (bicyclic) bond motifs is 2. The summed E-state index contributed by atoms with van der Waals surface area (Å²) >= 11 is 0. The zero-order chi connectivity index (χ0) is 16.0. The van der Waals surface area contributed by atoms with Crippen LogP contribution in [0.1, 0.15) is 5.56 Å². The van der Waals surface area contributed by atoms with Crippen molar-refractivity contribution in [3.8, 4) is 0 Å². The van der Waals surface area contributed by atoms with Crippen molar-refractivity contribution in [3.05, 3.63) is 48.4 Å². The molecule has 3 heterocycles. The Kier molecular flexibility index (Phi) is 2.80. The highest BCUT2D eigenvalue weighted by atomic mass is 19.4. The van der Waals surface area contributed by atoms with Gasteiger partial charge >= 0.3 is 6.18 Å². The van der Waals surface area contributed by atoms with Gasteiger partial charge in [0.1, 0.15) is 17.4 Å². The van der Waals surface area contributed by atoms with Gasteiger partial charge in [0.05, 0.1) is 5.39 Å². The number of aromatic amines is 1. The highest BCUT2D eigenvalue weighted by molar-refractivity contribution is 5.91. The minimum absolute atomic E-state index is 0.0246. The standard InChI is InChI=1S/C15H9F3N4O/c16-15(17,18)11-7-23-12-6-8(3-4-9(11)12)20-14-10-2-1-5-19-13(10)21-22-14/h1-7H,(H2,19,20,21,22). The Morgan fingerprint density at radius 1 is 1.13 bits per heavy atom. The molecule has 8 heteroatoms. The predicted molar refractivity (Wildman–Crippen MR) is 78.4 cm³/mol. The number of pyridine rings is 1. The van der Waals surface area contributed by atoms with Gasteiger partial charge in [0.25, 0.3) is 0 Å². The molecule has 0 atom stereocenters. The number of hydrogen-bond acceptors (Lipinski definition) is 4. The summed E-state index contributed by atoms with van der Waals surface area (Å²) in [6.07, 6.45) is -2.08. The number of H-pyrrole nitrogens is 1. The van der Waals surface area contributed by atoms with Crippen LogP contribution in [-0.4, -0.2) is 15.2 Å². The molecule has 23 heavy (non-hydrogen) atoms. The van der Waals surface area contributed by atoms with E-state index in [1.165, 1.54) is 12.1 Å². The SMILES string of the molecule is FC(F)(F)c1coc2cc(Nc3n[nH]c4ncccc34)ccc12. The van der Waals surface area contributed by atoms with Crippen molar-refractivity contribution < 1.29 is 17.6 Å². The van der Waals surface area contributed by atoms with E-state index in [1.54, 1.807) is 18.3 Å². The summed E-state index contributed by atoms with van der Waals surface area (Å²) in [5.41, 5.74) is 0.556. The number of alkyl halides is 3. The molecule has 0 saturated heterocycles. The fourth-order valence-electron chi connectivity index (χ4n) is 2.41. The molecular weight excluding hydrogens is 309 g/mol. The van der Waals surface area contributed by atoms with Gasteiger partial charge in [0.15, 0.2) is 11.5 Å². The Morgan fingerprint density at radius 3 is 2.83 bits per heavy atom. The number of hydrogen-bond donors (Lipinski definition) is 2. The lowest BCUT2D eigenvalue weighted by Gasteiger charge is -2.05. The fourth-order valence-corrected chi connectivity index (χ4v) is 2.41. The quantitative estimate of drug-likeness (QED) is 0.572. The van der Waals surface area contributed by atoms with Crippen LogP contribution >= 0.6 is 0 Å².